The molecule has 0 aliphatic rings. The van der Waals surface area contributed by atoms with Crippen LogP contribution in [0.1, 0.15) is 26.3 Å². The molecule has 1 aromatic carbocycles. The highest BCUT2D eigenvalue weighted by Crippen LogP contribution is 2.34. The van der Waals surface area contributed by atoms with E-state index < -0.39 is 12.0 Å². The Balaban J connectivity index is 2.81. The lowest BCUT2D eigenvalue weighted by Gasteiger charge is -2.18. The standard InChI is InChI=1S/C14H19Cl2NO3/c1-4-20-13-10(15)5-9(6-11(13)16)7-17-12(8(2)3)14(18)19/h5-6,8,12,17H,4,7H2,1-3H3,(H,18,19). The molecule has 0 bridgehead atoms. The van der Waals surface area contributed by atoms with Crippen LogP contribution >= 0.6 is 23.2 Å². The maximum absolute atomic E-state index is 11.1. The maximum atomic E-state index is 11.1. The van der Waals surface area contributed by atoms with Gasteiger partial charge in [0.1, 0.15) is 6.04 Å². The molecule has 4 nitrogen and oxygen atoms in total. The number of rotatable bonds is 7. The van der Waals surface area contributed by atoms with Crippen LogP contribution in [-0.2, 0) is 11.3 Å². The molecule has 0 fully saturated rings. The van der Waals surface area contributed by atoms with E-state index in [2.05, 4.69) is 5.32 Å². The zero-order valence-corrected chi connectivity index (χ0v) is 13.3. The van der Waals surface area contributed by atoms with E-state index in [1.54, 1.807) is 12.1 Å². The summed E-state index contributed by atoms with van der Waals surface area (Å²) in [4.78, 5) is 11.1. The van der Waals surface area contributed by atoms with Crippen molar-refractivity contribution in [2.45, 2.75) is 33.4 Å². The summed E-state index contributed by atoms with van der Waals surface area (Å²) in [6.45, 7) is 6.41. The molecule has 1 unspecified atom stereocenters. The first-order valence-corrected chi connectivity index (χ1v) is 7.19. The van der Waals surface area contributed by atoms with Crippen LogP contribution < -0.4 is 10.1 Å². The van der Waals surface area contributed by atoms with Crippen molar-refractivity contribution in [3.05, 3.63) is 27.7 Å². The summed E-state index contributed by atoms with van der Waals surface area (Å²) in [7, 11) is 0. The molecule has 6 heteroatoms. The van der Waals surface area contributed by atoms with Gasteiger partial charge in [-0.1, -0.05) is 37.0 Å². The molecule has 0 amide bonds. The molecule has 0 spiro atoms. The van der Waals surface area contributed by atoms with Crippen LogP contribution in [-0.4, -0.2) is 23.7 Å². The Morgan fingerprint density at radius 1 is 1.35 bits per heavy atom. The average molecular weight is 320 g/mol. The fourth-order valence-corrected chi connectivity index (χ4v) is 2.47. The van der Waals surface area contributed by atoms with Crippen LogP contribution in [0, 0.1) is 5.92 Å². The fraction of sp³-hybridized carbons (Fsp3) is 0.500. The minimum Gasteiger partial charge on any atom is -0.491 e. The molecule has 0 aromatic heterocycles. The quantitative estimate of drug-likeness (QED) is 0.806. The molecule has 0 heterocycles. The minimum atomic E-state index is -0.872. The molecule has 0 saturated carbocycles. The second kappa shape index (κ2) is 7.72. The van der Waals surface area contributed by atoms with Crippen molar-refractivity contribution in [1.82, 2.24) is 5.32 Å². The van der Waals surface area contributed by atoms with Gasteiger partial charge >= 0.3 is 5.97 Å². The lowest BCUT2D eigenvalue weighted by atomic mass is 10.0. The van der Waals surface area contributed by atoms with Crippen LogP contribution in [0.2, 0.25) is 10.0 Å². The number of hydrogen-bond acceptors (Lipinski definition) is 3. The number of ether oxygens (including phenoxy) is 1. The van der Waals surface area contributed by atoms with Gasteiger partial charge in [-0.15, -0.1) is 0 Å². The first-order valence-electron chi connectivity index (χ1n) is 6.43. The zero-order valence-electron chi connectivity index (χ0n) is 11.7. The van der Waals surface area contributed by atoms with Gasteiger partial charge in [-0.25, -0.2) is 0 Å². The lowest BCUT2D eigenvalue weighted by Crippen LogP contribution is -2.40. The van der Waals surface area contributed by atoms with E-state index in [9.17, 15) is 4.79 Å². The molecule has 2 N–H and O–H groups in total. The SMILES string of the molecule is CCOc1c(Cl)cc(CNC(C(=O)O)C(C)C)cc1Cl. The summed E-state index contributed by atoms with van der Waals surface area (Å²) in [5.41, 5.74) is 0.815. The average Bonchev–Trinajstić information content (AvgIpc) is 2.33. The Bertz CT molecular complexity index is 454. The number of carboxylic acids is 1. The number of aliphatic carboxylic acids is 1. The van der Waals surface area contributed by atoms with E-state index in [4.69, 9.17) is 33.0 Å². The first kappa shape index (κ1) is 17.1. The summed E-state index contributed by atoms with van der Waals surface area (Å²) in [5.74, 6) is -0.428. The van der Waals surface area contributed by atoms with Crippen LogP contribution in [0.3, 0.4) is 0 Å². The number of carboxylic acid groups (broad SMARTS) is 1. The first-order chi connectivity index (χ1) is 9.36. The Kier molecular flexibility index (Phi) is 6.59. The van der Waals surface area contributed by atoms with Crippen molar-refractivity contribution >= 4 is 29.2 Å². The van der Waals surface area contributed by atoms with Crippen molar-refractivity contribution in [1.29, 1.82) is 0 Å². The molecule has 112 valence electrons. The monoisotopic (exact) mass is 319 g/mol. The summed E-state index contributed by atoms with van der Waals surface area (Å²) in [6, 6.07) is 2.84. The maximum Gasteiger partial charge on any atom is 0.320 e. The Morgan fingerprint density at radius 3 is 2.30 bits per heavy atom. The topological polar surface area (TPSA) is 58.6 Å². The fourth-order valence-electron chi connectivity index (χ4n) is 1.83. The molecule has 1 rings (SSSR count). The second-order valence-corrected chi connectivity index (χ2v) is 5.58. The predicted octanol–water partition coefficient (Wildman–Crippen LogP) is 3.59. The van der Waals surface area contributed by atoms with Crippen molar-refractivity contribution < 1.29 is 14.6 Å². The second-order valence-electron chi connectivity index (χ2n) is 4.76. The van der Waals surface area contributed by atoms with E-state index in [-0.39, 0.29) is 5.92 Å². The Labute approximate surface area is 129 Å². The summed E-state index contributed by atoms with van der Waals surface area (Å²) >= 11 is 12.2. The van der Waals surface area contributed by atoms with Gasteiger partial charge in [0.2, 0.25) is 0 Å². The molecule has 1 atom stereocenters. The molecule has 0 radical (unpaired) electrons. The van der Waals surface area contributed by atoms with Crippen molar-refractivity contribution in [3.8, 4) is 5.75 Å². The van der Waals surface area contributed by atoms with Gasteiger partial charge < -0.3 is 15.2 Å². The largest absolute Gasteiger partial charge is 0.491 e. The van der Waals surface area contributed by atoms with Gasteiger partial charge in [0, 0.05) is 6.54 Å². The Morgan fingerprint density at radius 2 is 1.90 bits per heavy atom. The van der Waals surface area contributed by atoms with E-state index in [1.807, 2.05) is 20.8 Å². The third-order valence-electron chi connectivity index (χ3n) is 2.81. The van der Waals surface area contributed by atoms with Gasteiger partial charge in [-0.3, -0.25) is 4.79 Å². The van der Waals surface area contributed by atoms with E-state index in [0.717, 1.165) is 5.56 Å². The van der Waals surface area contributed by atoms with Crippen LogP contribution in [0.5, 0.6) is 5.75 Å². The minimum absolute atomic E-state index is 0.0128. The summed E-state index contributed by atoms with van der Waals surface area (Å²) in [5, 5.41) is 12.9. The van der Waals surface area contributed by atoms with Gasteiger partial charge in [0.05, 0.1) is 16.7 Å². The van der Waals surface area contributed by atoms with Crippen molar-refractivity contribution in [2.24, 2.45) is 5.92 Å². The molecule has 1 aromatic rings. The highest BCUT2D eigenvalue weighted by molar-refractivity contribution is 6.37. The molecular weight excluding hydrogens is 301 g/mol. The molecule has 0 saturated heterocycles. The predicted molar refractivity (Wildman–Crippen MR) is 80.7 cm³/mol. The highest BCUT2D eigenvalue weighted by Gasteiger charge is 2.20. The normalized spacial score (nSPS) is 12.5. The van der Waals surface area contributed by atoms with E-state index in [0.29, 0.717) is 28.9 Å². The van der Waals surface area contributed by atoms with Gasteiger partial charge in [-0.2, -0.15) is 0 Å². The number of carbonyl (C=O) groups is 1. The van der Waals surface area contributed by atoms with Crippen LogP contribution in [0.15, 0.2) is 12.1 Å². The summed E-state index contributed by atoms with van der Waals surface area (Å²) in [6.07, 6.45) is 0. The zero-order chi connectivity index (χ0) is 15.3. The molecule has 0 aliphatic heterocycles. The number of benzene rings is 1. The van der Waals surface area contributed by atoms with Crippen LogP contribution in [0.25, 0.3) is 0 Å². The number of hydrogen-bond donors (Lipinski definition) is 2. The van der Waals surface area contributed by atoms with E-state index in [1.165, 1.54) is 0 Å². The lowest BCUT2D eigenvalue weighted by molar-refractivity contribution is -0.140. The number of nitrogens with one attached hydrogen (secondary N) is 1. The molecule has 20 heavy (non-hydrogen) atoms. The highest BCUT2D eigenvalue weighted by atomic mass is 35.5. The van der Waals surface area contributed by atoms with Crippen molar-refractivity contribution in [3.63, 3.8) is 0 Å². The van der Waals surface area contributed by atoms with Gasteiger partial charge in [0.25, 0.3) is 0 Å². The number of halogens is 2. The molecular formula is C14H19Cl2NO3. The van der Waals surface area contributed by atoms with Gasteiger partial charge in [-0.05, 0) is 30.5 Å². The van der Waals surface area contributed by atoms with Crippen LogP contribution in [0.4, 0.5) is 0 Å². The third kappa shape index (κ3) is 4.54. The smallest absolute Gasteiger partial charge is 0.320 e. The Hall–Kier alpha value is -0.970. The van der Waals surface area contributed by atoms with Gasteiger partial charge in [0.15, 0.2) is 5.75 Å². The van der Waals surface area contributed by atoms with E-state index >= 15 is 0 Å². The third-order valence-corrected chi connectivity index (χ3v) is 3.37. The molecule has 0 aliphatic carbocycles. The van der Waals surface area contributed by atoms with Crippen molar-refractivity contribution in [2.75, 3.05) is 6.61 Å². The summed E-state index contributed by atoms with van der Waals surface area (Å²) < 4.78 is 5.35.